The van der Waals surface area contributed by atoms with Crippen LogP contribution in [0.2, 0.25) is 0 Å². The Kier molecular flexibility index (Phi) is 8.08. The third-order valence-corrected chi connectivity index (χ3v) is 5.13. The van der Waals surface area contributed by atoms with Crippen LogP contribution >= 0.6 is 0 Å². The number of rotatable bonds is 7. The second-order valence-corrected chi connectivity index (χ2v) is 7.32. The normalized spacial score (nSPS) is 21.1. The van der Waals surface area contributed by atoms with Crippen LogP contribution in [-0.4, -0.2) is 79.5 Å². The number of nitrogens with zero attached hydrogens (tertiary/aromatic N) is 4. The molecule has 2 fully saturated rings. The Bertz CT molecular complexity index is 689. The number of likely N-dealkylation sites (tertiary alicyclic amines) is 1. The zero-order valence-corrected chi connectivity index (χ0v) is 17.1. The van der Waals surface area contributed by atoms with Crippen molar-refractivity contribution < 1.29 is 22.6 Å². The van der Waals surface area contributed by atoms with Gasteiger partial charge in [0.25, 0.3) is 0 Å². The number of anilines is 1. The molecular formula is C19H29F3N6O2. The average Bonchev–Trinajstić information content (AvgIpc) is 3.26. The molecule has 0 bridgehead atoms. The molecule has 1 aromatic rings. The van der Waals surface area contributed by atoms with Crippen molar-refractivity contribution in [1.82, 2.24) is 20.2 Å². The number of guanidine groups is 1. The average molecular weight is 430 g/mol. The van der Waals surface area contributed by atoms with E-state index in [0.29, 0.717) is 19.7 Å². The van der Waals surface area contributed by atoms with Crippen LogP contribution in [-0.2, 0) is 15.7 Å². The number of halogens is 3. The van der Waals surface area contributed by atoms with E-state index < -0.39 is 11.9 Å². The van der Waals surface area contributed by atoms with Crippen LogP contribution in [0.25, 0.3) is 0 Å². The Labute approximate surface area is 174 Å². The molecule has 30 heavy (non-hydrogen) atoms. The fraction of sp³-hybridized carbons (Fsp3) is 0.737. The standard InChI is InChI=1S/C19H29F3N6O2/c1-23-18(26-9-8-25-17-24-7-4-16(27-17)19(20,21)22)28-10-5-14(6-11-28)30-13-15-3-2-12-29-15/h4,7,14-15H,2-3,5-6,8-13H2,1H3,(H,23,26)(H,24,25,27). The number of hydrogen-bond acceptors (Lipinski definition) is 6. The lowest BCUT2D eigenvalue weighted by Crippen LogP contribution is -2.48. The van der Waals surface area contributed by atoms with Gasteiger partial charge in [0.15, 0.2) is 5.96 Å². The Balaban J connectivity index is 1.35. The highest BCUT2D eigenvalue weighted by atomic mass is 19.4. The van der Waals surface area contributed by atoms with E-state index in [4.69, 9.17) is 9.47 Å². The molecule has 2 aliphatic heterocycles. The molecule has 0 amide bonds. The minimum absolute atomic E-state index is 0.0502. The van der Waals surface area contributed by atoms with Crippen molar-refractivity contribution in [1.29, 1.82) is 0 Å². The van der Waals surface area contributed by atoms with Crippen LogP contribution in [0.5, 0.6) is 0 Å². The monoisotopic (exact) mass is 430 g/mol. The molecule has 2 aliphatic rings. The van der Waals surface area contributed by atoms with Gasteiger partial charge in [0.05, 0.1) is 18.8 Å². The minimum Gasteiger partial charge on any atom is -0.376 e. The Morgan fingerprint density at radius 3 is 2.77 bits per heavy atom. The van der Waals surface area contributed by atoms with Crippen molar-refractivity contribution in [2.75, 3.05) is 51.8 Å². The van der Waals surface area contributed by atoms with Crippen LogP contribution in [0.4, 0.5) is 19.1 Å². The summed E-state index contributed by atoms with van der Waals surface area (Å²) >= 11 is 0. The maximum Gasteiger partial charge on any atom is 0.433 e. The first kappa shape index (κ1) is 22.5. The molecule has 0 aliphatic carbocycles. The second kappa shape index (κ2) is 10.8. The molecule has 0 radical (unpaired) electrons. The Morgan fingerprint density at radius 2 is 2.10 bits per heavy atom. The molecule has 0 aromatic carbocycles. The summed E-state index contributed by atoms with van der Waals surface area (Å²) in [5, 5.41) is 6.02. The van der Waals surface area contributed by atoms with Crippen molar-refractivity contribution in [3.63, 3.8) is 0 Å². The van der Waals surface area contributed by atoms with Gasteiger partial charge in [0.1, 0.15) is 5.69 Å². The van der Waals surface area contributed by atoms with Gasteiger partial charge in [-0.15, -0.1) is 0 Å². The quantitative estimate of drug-likeness (QED) is 0.390. The van der Waals surface area contributed by atoms with Gasteiger partial charge in [-0.05, 0) is 31.7 Å². The van der Waals surface area contributed by atoms with E-state index in [1.54, 1.807) is 7.05 Å². The van der Waals surface area contributed by atoms with Crippen LogP contribution in [0.15, 0.2) is 17.3 Å². The van der Waals surface area contributed by atoms with Crippen molar-refractivity contribution >= 4 is 11.9 Å². The predicted molar refractivity (Wildman–Crippen MR) is 106 cm³/mol. The van der Waals surface area contributed by atoms with E-state index in [1.165, 1.54) is 0 Å². The summed E-state index contributed by atoms with van der Waals surface area (Å²) in [5.41, 5.74) is -0.964. The zero-order valence-electron chi connectivity index (χ0n) is 17.1. The molecule has 1 unspecified atom stereocenters. The Morgan fingerprint density at radius 1 is 1.30 bits per heavy atom. The third-order valence-electron chi connectivity index (χ3n) is 5.13. The van der Waals surface area contributed by atoms with Crippen LogP contribution < -0.4 is 10.6 Å². The summed E-state index contributed by atoms with van der Waals surface area (Å²) in [6, 6.07) is 0.847. The molecule has 2 N–H and O–H groups in total. The van der Waals surface area contributed by atoms with Crippen molar-refractivity contribution in [3.05, 3.63) is 18.0 Å². The molecule has 0 saturated carbocycles. The van der Waals surface area contributed by atoms with Crippen molar-refractivity contribution in [2.24, 2.45) is 4.99 Å². The van der Waals surface area contributed by atoms with Gasteiger partial charge in [-0.2, -0.15) is 13.2 Å². The molecule has 11 heteroatoms. The lowest BCUT2D eigenvalue weighted by Gasteiger charge is -2.34. The number of aliphatic imine (C=N–C) groups is 1. The van der Waals surface area contributed by atoms with E-state index in [-0.39, 0.29) is 18.2 Å². The molecule has 168 valence electrons. The fourth-order valence-corrected chi connectivity index (χ4v) is 3.54. The number of ether oxygens (including phenoxy) is 2. The van der Waals surface area contributed by atoms with E-state index in [2.05, 4.69) is 30.5 Å². The predicted octanol–water partition coefficient (Wildman–Crippen LogP) is 2.14. The van der Waals surface area contributed by atoms with Gasteiger partial charge < -0.3 is 25.0 Å². The van der Waals surface area contributed by atoms with Gasteiger partial charge in [0.2, 0.25) is 5.95 Å². The molecule has 3 heterocycles. The molecule has 1 aromatic heterocycles. The molecular weight excluding hydrogens is 401 g/mol. The molecule has 8 nitrogen and oxygen atoms in total. The maximum absolute atomic E-state index is 12.7. The number of aromatic nitrogens is 2. The topological polar surface area (TPSA) is 83.9 Å². The van der Waals surface area contributed by atoms with Gasteiger partial charge in [-0.25, -0.2) is 9.97 Å². The first-order chi connectivity index (χ1) is 14.5. The van der Waals surface area contributed by atoms with E-state index in [1.807, 2.05) is 0 Å². The number of hydrogen-bond donors (Lipinski definition) is 2. The molecule has 0 spiro atoms. The summed E-state index contributed by atoms with van der Waals surface area (Å²) in [6.45, 7) is 4.01. The van der Waals surface area contributed by atoms with Crippen molar-refractivity contribution in [3.8, 4) is 0 Å². The number of nitrogens with one attached hydrogen (secondary N) is 2. The number of piperidine rings is 1. The van der Waals surface area contributed by atoms with Gasteiger partial charge >= 0.3 is 6.18 Å². The van der Waals surface area contributed by atoms with Gasteiger partial charge in [0, 0.05) is 46.0 Å². The first-order valence-corrected chi connectivity index (χ1v) is 10.3. The van der Waals surface area contributed by atoms with E-state index in [9.17, 15) is 13.2 Å². The smallest absolute Gasteiger partial charge is 0.376 e. The molecule has 3 rings (SSSR count). The maximum atomic E-state index is 12.7. The van der Waals surface area contributed by atoms with Gasteiger partial charge in [-0.1, -0.05) is 0 Å². The molecule has 1 atom stereocenters. The van der Waals surface area contributed by atoms with Gasteiger partial charge in [-0.3, -0.25) is 4.99 Å². The lowest BCUT2D eigenvalue weighted by molar-refractivity contribution is -0.141. The first-order valence-electron chi connectivity index (χ1n) is 10.3. The highest BCUT2D eigenvalue weighted by Gasteiger charge is 2.32. The fourth-order valence-electron chi connectivity index (χ4n) is 3.54. The summed E-state index contributed by atoms with van der Waals surface area (Å²) in [4.78, 5) is 13.8. The highest BCUT2D eigenvalue weighted by Crippen LogP contribution is 2.27. The van der Waals surface area contributed by atoms with Crippen LogP contribution in [0.1, 0.15) is 31.4 Å². The third kappa shape index (κ3) is 6.69. The summed E-state index contributed by atoms with van der Waals surface area (Å²) in [5.74, 6) is 0.713. The minimum atomic E-state index is -4.49. The van der Waals surface area contributed by atoms with Crippen molar-refractivity contribution in [2.45, 2.75) is 44.1 Å². The number of alkyl halides is 3. The van der Waals surface area contributed by atoms with E-state index >= 15 is 0 Å². The highest BCUT2D eigenvalue weighted by molar-refractivity contribution is 5.80. The van der Waals surface area contributed by atoms with Crippen LogP contribution in [0, 0.1) is 0 Å². The largest absolute Gasteiger partial charge is 0.433 e. The summed E-state index contributed by atoms with van der Waals surface area (Å²) in [7, 11) is 1.71. The van der Waals surface area contributed by atoms with Crippen LogP contribution in [0.3, 0.4) is 0 Å². The lowest BCUT2D eigenvalue weighted by atomic mass is 10.1. The Hall–Kier alpha value is -2.14. The molecule has 2 saturated heterocycles. The SMILES string of the molecule is CN=C(NCCNc1nccc(C(F)(F)F)n1)N1CCC(OCC2CCCO2)CC1. The summed E-state index contributed by atoms with van der Waals surface area (Å²) < 4.78 is 49.7. The second-order valence-electron chi connectivity index (χ2n) is 7.32. The van der Waals surface area contributed by atoms with E-state index in [0.717, 1.165) is 63.6 Å². The zero-order chi connectivity index (χ0) is 21.4. The summed E-state index contributed by atoms with van der Waals surface area (Å²) in [6.07, 6.45) is 1.12.